The van der Waals surface area contributed by atoms with Gasteiger partial charge in [0.25, 0.3) is 0 Å². The third kappa shape index (κ3) is 10.3. The van der Waals surface area contributed by atoms with Crippen LogP contribution < -0.4 is 0 Å². The Morgan fingerprint density at radius 2 is 1.58 bits per heavy atom. The quantitative estimate of drug-likeness (QED) is 0.246. The summed E-state index contributed by atoms with van der Waals surface area (Å²) in [5.41, 5.74) is 0.155. The molecular formula is C45H70O14. The maximum Gasteiger partial charge on any atom is 0.316 e. The number of esters is 1. The number of hydrogen-bond acceptors (Lipinski definition) is 14. The molecule has 14 nitrogen and oxygen atoms in total. The lowest BCUT2D eigenvalue weighted by Gasteiger charge is -2.44. The van der Waals surface area contributed by atoms with Crippen molar-refractivity contribution >= 4 is 5.97 Å². The number of hydrogen-bond donors (Lipinski definition) is 3. The van der Waals surface area contributed by atoms with Gasteiger partial charge in [-0.3, -0.25) is 4.79 Å². The van der Waals surface area contributed by atoms with Gasteiger partial charge in [-0.2, -0.15) is 0 Å². The summed E-state index contributed by atoms with van der Waals surface area (Å²) in [4.78, 5) is 14.0. The van der Waals surface area contributed by atoms with E-state index in [2.05, 4.69) is 19.9 Å². The summed E-state index contributed by atoms with van der Waals surface area (Å²) in [6.07, 6.45) is 4.98. The van der Waals surface area contributed by atoms with E-state index < -0.39 is 90.8 Å². The molecule has 1 aliphatic carbocycles. The van der Waals surface area contributed by atoms with Crippen molar-refractivity contribution in [2.24, 2.45) is 17.8 Å². The molecule has 334 valence electrons. The number of cyclic esters (lactones) is 1. The van der Waals surface area contributed by atoms with Crippen molar-refractivity contribution in [2.45, 2.75) is 185 Å². The van der Waals surface area contributed by atoms with Crippen molar-refractivity contribution in [3.63, 3.8) is 0 Å². The molecule has 5 heterocycles. The Morgan fingerprint density at radius 1 is 0.881 bits per heavy atom. The van der Waals surface area contributed by atoms with Gasteiger partial charge in [0.15, 0.2) is 18.4 Å². The Labute approximate surface area is 350 Å². The molecule has 6 aliphatic rings. The van der Waals surface area contributed by atoms with Crippen LogP contribution in [0.1, 0.15) is 93.9 Å². The molecule has 18 atom stereocenters. The summed E-state index contributed by atoms with van der Waals surface area (Å²) in [5.74, 6) is -2.50. The highest BCUT2D eigenvalue weighted by Crippen LogP contribution is 2.46. The lowest BCUT2D eigenvalue weighted by atomic mass is 9.71. The smallest absolute Gasteiger partial charge is 0.316 e. The number of aliphatic hydroxyl groups is 3. The van der Waals surface area contributed by atoms with E-state index in [0.717, 1.165) is 12.0 Å². The Kier molecular flexibility index (Phi) is 15.4. The summed E-state index contributed by atoms with van der Waals surface area (Å²) < 4.78 is 62.6. The van der Waals surface area contributed by atoms with Crippen LogP contribution in [0.25, 0.3) is 0 Å². The highest BCUT2D eigenvalue weighted by atomic mass is 16.7. The third-order valence-corrected chi connectivity index (χ3v) is 13.2. The molecule has 1 spiro atoms. The monoisotopic (exact) mass is 834 g/mol. The number of carbonyl (C=O) groups is 1. The normalized spacial score (nSPS) is 49.0. The van der Waals surface area contributed by atoms with Crippen molar-refractivity contribution in [2.75, 3.05) is 27.4 Å². The van der Waals surface area contributed by atoms with Crippen LogP contribution >= 0.6 is 0 Å². The first kappa shape index (κ1) is 46.5. The molecule has 5 aliphatic heterocycles. The first-order chi connectivity index (χ1) is 28.0. The van der Waals surface area contributed by atoms with Crippen molar-refractivity contribution < 1.29 is 67.5 Å². The van der Waals surface area contributed by atoms with Gasteiger partial charge < -0.3 is 62.7 Å². The average molecular weight is 835 g/mol. The second-order valence-electron chi connectivity index (χ2n) is 18.0. The van der Waals surface area contributed by atoms with Gasteiger partial charge in [0.05, 0.1) is 49.8 Å². The second-order valence-corrected chi connectivity index (χ2v) is 18.0. The Morgan fingerprint density at radius 3 is 2.27 bits per heavy atom. The number of carbonyl (C=O) groups excluding carboxylic acids is 1. The van der Waals surface area contributed by atoms with Gasteiger partial charge in [-0.1, -0.05) is 44.2 Å². The molecule has 0 amide bonds. The molecule has 59 heavy (non-hydrogen) atoms. The predicted molar refractivity (Wildman–Crippen MR) is 216 cm³/mol. The zero-order valence-electron chi connectivity index (χ0n) is 36.6. The van der Waals surface area contributed by atoms with Gasteiger partial charge in [0.1, 0.15) is 42.0 Å². The van der Waals surface area contributed by atoms with Crippen LogP contribution in [-0.4, -0.2) is 140 Å². The van der Waals surface area contributed by atoms with E-state index in [1.807, 2.05) is 39.8 Å². The number of rotatable bonds is 6. The Balaban J connectivity index is 1.27. The highest BCUT2D eigenvalue weighted by molar-refractivity contribution is 5.78. The van der Waals surface area contributed by atoms with Crippen LogP contribution in [0, 0.1) is 17.8 Å². The number of methoxy groups -OCH3 is 2. The lowest BCUT2D eigenvalue weighted by molar-refractivity contribution is -0.318. The zero-order chi connectivity index (χ0) is 42.8. The van der Waals surface area contributed by atoms with Gasteiger partial charge in [-0.15, -0.1) is 0 Å². The van der Waals surface area contributed by atoms with Crippen LogP contribution in [0.15, 0.2) is 47.1 Å². The molecule has 0 aromatic rings. The SMILES string of the molecule is COC1CC(OC2C(C)OC(OC3/C(C)=C/CC(C)OC4(CCC(C)CO4)CC(C)OC(=O)C4C=C(C)C(O)C5OC/C(=C\C=C/C3C)C45O)CC2OC)OC(C)C1O. The molecule has 3 N–H and O–H groups in total. The van der Waals surface area contributed by atoms with Gasteiger partial charge in [0, 0.05) is 45.8 Å². The summed E-state index contributed by atoms with van der Waals surface area (Å²) in [7, 11) is 3.21. The van der Waals surface area contributed by atoms with Gasteiger partial charge in [0.2, 0.25) is 0 Å². The fourth-order valence-electron chi connectivity index (χ4n) is 9.60. The number of aliphatic hydroxyl groups excluding tert-OH is 2. The molecule has 0 bridgehead atoms. The maximum atomic E-state index is 14.0. The van der Waals surface area contributed by atoms with Crippen LogP contribution in [0.2, 0.25) is 0 Å². The maximum absolute atomic E-state index is 14.0. The average Bonchev–Trinajstić information content (AvgIpc) is 3.53. The Bertz CT molecular complexity index is 1550. The van der Waals surface area contributed by atoms with E-state index in [0.29, 0.717) is 55.8 Å². The van der Waals surface area contributed by atoms with Crippen LogP contribution in [-0.2, 0) is 52.2 Å². The molecule has 6 rings (SSSR count). The van der Waals surface area contributed by atoms with Crippen molar-refractivity contribution in [3.05, 3.63) is 47.1 Å². The summed E-state index contributed by atoms with van der Waals surface area (Å²) in [6, 6.07) is 0. The minimum Gasteiger partial charge on any atom is -0.462 e. The lowest BCUT2D eigenvalue weighted by Crippen LogP contribution is -2.57. The number of ether oxygens (including phenoxy) is 10. The van der Waals surface area contributed by atoms with Crippen molar-refractivity contribution in [3.8, 4) is 0 Å². The molecular weight excluding hydrogens is 764 g/mol. The third-order valence-electron chi connectivity index (χ3n) is 13.2. The molecule has 0 radical (unpaired) electrons. The molecule has 4 fully saturated rings. The zero-order valence-corrected chi connectivity index (χ0v) is 36.6. The molecule has 0 saturated carbocycles. The first-order valence-corrected chi connectivity index (χ1v) is 21.6. The van der Waals surface area contributed by atoms with E-state index in [9.17, 15) is 20.1 Å². The second kappa shape index (κ2) is 19.6. The molecule has 0 aromatic heterocycles. The van der Waals surface area contributed by atoms with Crippen molar-refractivity contribution in [1.29, 1.82) is 0 Å². The Hall–Kier alpha value is -2.05. The van der Waals surface area contributed by atoms with E-state index in [4.69, 9.17) is 47.4 Å². The molecule has 18 unspecified atom stereocenters. The van der Waals surface area contributed by atoms with Gasteiger partial charge in [-0.05, 0) is 77.0 Å². The molecule has 4 saturated heterocycles. The van der Waals surface area contributed by atoms with Crippen LogP contribution in [0.5, 0.6) is 0 Å². The van der Waals surface area contributed by atoms with Gasteiger partial charge >= 0.3 is 5.97 Å². The standard InChI is InChI=1S/C45H70O14/c1-24-16-17-44(53-22-24)21-29(6)54-43(48)33-18-27(4)38(46)42-45(33,49)32(23-52-42)13-11-12-25(2)40(26(3)14-15-28(5)59-44)57-37-20-35(51-10)41(31(8)56-37)58-36-19-34(50-9)39(47)30(7)55-36/h11-14,18,24-25,28-31,33-42,46-47,49H,15-17,19-23H2,1-10H3/b12-11-,26-14+,32-13+. The predicted octanol–water partition coefficient (Wildman–Crippen LogP) is 4.82. The minimum atomic E-state index is -1.83. The van der Waals surface area contributed by atoms with Crippen molar-refractivity contribution in [1.82, 2.24) is 0 Å². The van der Waals surface area contributed by atoms with E-state index in [1.54, 1.807) is 40.2 Å². The van der Waals surface area contributed by atoms with E-state index in [-0.39, 0.29) is 24.7 Å². The summed E-state index contributed by atoms with van der Waals surface area (Å²) >= 11 is 0. The van der Waals surface area contributed by atoms with E-state index in [1.165, 1.54) is 0 Å². The highest BCUT2D eigenvalue weighted by Gasteiger charge is 2.59. The fraction of sp³-hybridized carbons (Fsp3) is 0.800. The topological polar surface area (TPSA) is 170 Å². The first-order valence-electron chi connectivity index (χ1n) is 21.6. The fourth-order valence-corrected chi connectivity index (χ4v) is 9.60. The minimum absolute atomic E-state index is 0.0318. The number of allylic oxidation sites excluding steroid dienone is 2. The molecule has 0 aromatic carbocycles. The summed E-state index contributed by atoms with van der Waals surface area (Å²) in [6.45, 7) is 16.1. The van der Waals surface area contributed by atoms with Crippen LogP contribution in [0.4, 0.5) is 0 Å². The largest absolute Gasteiger partial charge is 0.462 e. The van der Waals surface area contributed by atoms with Gasteiger partial charge in [-0.25, -0.2) is 0 Å². The van der Waals surface area contributed by atoms with E-state index >= 15 is 0 Å². The molecule has 14 heteroatoms. The van der Waals surface area contributed by atoms with Crippen LogP contribution in [0.3, 0.4) is 0 Å². The summed E-state index contributed by atoms with van der Waals surface area (Å²) in [5, 5.41) is 34.0.